The second-order valence-corrected chi connectivity index (χ2v) is 5.70. The van der Waals surface area contributed by atoms with Gasteiger partial charge in [0.25, 0.3) is 0 Å². The summed E-state index contributed by atoms with van der Waals surface area (Å²) >= 11 is 6.18. The number of ether oxygens (including phenoxy) is 2. The summed E-state index contributed by atoms with van der Waals surface area (Å²) in [5.41, 5.74) is 0.0100. The molecular weight excluding hydrogens is 426 g/mol. The van der Waals surface area contributed by atoms with E-state index < -0.39 is 5.82 Å². The predicted octanol–water partition coefficient (Wildman–Crippen LogP) is 5.01. The molecule has 2 aromatic carbocycles. The molecule has 0 aliphatic carbocycles. The van der Waals surface area contributed by atoms with E-state index in [0.29, 0.717) is 26.7 Å². The van der Waals surface area contributed by atoms with E-state index in [1.165, 1.54) is 32.4 Å². The Hall–Kier alpha value is -1.47. The van der Waals surface area contributed by atoms with Gasteiger partial charge < -0.3 is 9.47 Å². The molecule has 0 fully saturated rings. The van der Waals surface area contributed by atoms with Crippen LogP contribution < -0.4 is 9.47 Å². The van der Waals surface area contributed by atoms with Gasteiger partial charge in [0.1, 0.15) is 23.1 Å². The average molecular weight is 438 g/mol. The maximum absolute atomic E-state index is 13.0. The minimum absolute atomic E-state index is 0.0100. The van der Waals surface area contributed by atoms with Gasteiger partial charge in [-0.05, 0) is 34.1 Å². The third-order valence-electron chi connectivity index (χ3n) is 2.48. The fourth-order valence-corrected chi connectivity index (χ4v) is 2.39. The highest BCUT2D eigenvalue weighted by atomic mass is 79.9. The van der Waals surface area contributed by atoms with E-state index in [4.69, 9.17) is 9.47 Å². The molecule has 0 amide bonds. The fraction of sp³-hybridized carbons (Fsp3) is 0.133. The Kier molecular flexibility index (Phi) is 7.47. The van der Waals surface area contributed by atoms with Crippen LogP contribution in [0.2, 0.25) is 0 Å². The SMILES string of the molecule is COc1cc(F)c(C=O)c(Br)c1.COc1cc(F)cc(Br)c1. The van der Waals surface area contributed by atoms with Gasteiger partial charge in [-0.15, -0.1) is 0 Å². The molecule has 0 aliphatic rings. The number of carbonyl (C=O) groups is 1. The minimum atomic E-state index is -0.587. The standard InChI is InChI=1S/C8H6BrFO2.C7H6BrFO/c1-12-5-2-7(9)6(4-11)8(10)3-5;1-10-7-3-5(8)2-6(9)4-7/h2-4H,1H3;2-4H,1H3. The summed E-state index contributed by atoms with van der Waals surface area (Å²) < 4.78 is 36.1. The molecule has 0 spiro atoms. The molecule has 0 radical (unpaired) electrons. The van der Waals surface area contributed by atoms with Gasteiger partial charge in [0.2, 0.25) is 0 Å². The van der Waals surface area contributed by atoms with Gasteiger partial charge in [-0.2, -0.15) is 0 Å². The maximum atomic E-state index is 13.0. The van der Waals surface area contributed by atoms with Crippen molar-refractivity contribution in [2.75, 3.05) is 14.2 Å². The van der Waals surface area contributed by atoms with Crippen molar-refractivity contribution in [2.24, 2.45) is 0 Å². The summed E-state index contributed by atoms with van der Waals surface area (Å²) in [6, 6.07) is 7.09. The quantitative estimate of drug-likeness (QED) is 0.633. The molecule has 3 nitrogen and oxygen atoms in total. The number of benzene rings is 2. The van der Waals surface area contributed by atoms with Gasteiger partial charge in [0.15, 0.2) is 6.29 Å². The Balaban J connectivity index is 0.000000224. The number of carbonyl (C=O) groups excluding carboxylic acids is 1. The number of rotatable bonds is 3. The summed E-state index contributed by atoms with van der Waals surface area (Å²) in [4.78, 5) is 10.3. The van der Waals surface area contributed by atoms with Crippen molar-refractivity contribution in [2.45, 2.75) is 0 Å². The Bertz CT molecular complexity index is 620. The first-order valence-electron chi connectivity index (χ1n) is 5.89. The van der Waals surface area contributed by atoms with E-state index in [1.54, 1.807) is 6.07 Å². The lowest BCUT2D eigenvalue weighted by molar-refractivity contribution is 0.111. The van der Waals surface area contributed by atoms with E-state index in [-0.39, 0.29) is 11.4 Å². The molecule has 0 saturated carbocycles. The fourth-order valence-electron chi connectivity index (χ4n) is 1.44. The van der Waals surface area contributed by atoms with Crippen molar-refractivity contribution in [3.8, 4) is 11.5 Å². The summed E-state index contributed by atoms with van der Waals surface area (Å²) in [5, 5.41) is 0. The van der Waals surface area contributed by atoms with Crippen LogP contribution in [0.3, 0.4) is 0 Å². The summed E-state index contributed by atoms with van der Waals surface area (Å²) in [6.07, 6.45) is 0.457. The second kappa shape index (κ2) is 8.85. The number of hydrogen-bond donors (Lipinski definition) is 0. The maximum Gasteiger partial charge on any atom is 0.154 e. The molecule has 0 aliphatic heterocycles. The normalized spacial score (nSPS) is 9.55. The molecule has 0 saturated heterocycles. The number of aldehydes is 1. The first-order valence-corrected chi connectivity index (χ1v) is 7.48. The van der Waals surface area contributed by atoms with E-state index in [2.05, 4.69) is 31.9 Å². The third kappa shape index (κ3) is 5.38. The zero-order valence-electron chi connectivity index (χ0n) is 11.7. The smallest absolute Gasteiger partial charge is 0.154 e. The van der Waals surface area contributed by atoms with Crippen LogP contribution in [0.1, 0.15) is 10.4 Å². The molecule has 0 heterocycles. The topological polar surface area (TPSA) is 35.5 Å². The lowest BCUT2D eigenvalue weighted by Crippen LogP contribution is -1.92. The lowest BCUT2D eigenvalue weighted by atomic mass is 10.2. The molecule has 0 atom stereocenters. The summed E-state index contributed by atoms with van der Waals surface area (Å²) in [5.74, 6) is 0.0132. The van der Waals surface area contributed by atoms with Crippen LogP contribution in [0.15, 0.2) is 39.3 Å². The molecule has 0 aromatic heterocycles. The van der Waals surface area contributed by atoms with E-state index in [0.717, 1.165) is 6.07 Å². The largest absolute Gasteiger partial charge is 0.497 e. The Labute approximate surface area is 143 Å². The van der Waals surface area contributed by atoms with Crippen molar-refractivity contribution in [1.29, 1.82) is 0 Å². The van der Waals surface area contributed by atoms with Crippen LogP contribution in [0.5, 0.6) is 11.5 Å². The van der Waals surface area contributed by atoms with Gasteiger partial charge in [-0.1, -0.05) is 15.9 Å². The van der Waals surface area contributed by atoms with E-state index in [1.807, 2.05) is 0 Å². The van der Waals surface area contributed by atoms with Gasteiger partial charge in [-0.25, -0.2) is 8.78 Å². The van der Waals surface area contributed by atoms with Crippen LogP contribution in [-0.4, -0.2) is 20.5 Å². The van der Waals surface area contributed by atoms with Gasteiger partial charge in [0.05, 0.1) is 19.8 Å². The van der Waals surface area contributed by atoms with Crippen molar-refractivity contribution in [3.63, 3.8) is 0 Å². The van der Waals surface area contributed by atoms with Crippen molar-refractivity contribution in [3.05, 3.63) is 56.5 Å². The zero-order chi connectivity index (χ0) is 16.7. The van der Waals surface area contributed by atoms with Crippen molar-refractivity contribution < 1.29 is 23.0 Å². The predicted molar refractivity (Wildman–Crippen MR) is 86.7 cm³/mol. The van der Waals surface area contributed by atoms with E-state index in [9.17, 15) is 13.6 Å². The summed E-state index contributed by atoms with van der Waals surface area (Å²) in [7, 11) is 2.93. The molecule has 0 unspecified atom stereocenters. The van der Waals surface area contributed by atoms with Gasteiger partial charge in [0, 0.05) is 21.1 Å². The van der Waals surface area contributed by atoms with E-state index >= 15 is 0 Å². The monoisotopic (exact) mass is 436 g/mol. The molecule has 2 rings (SSSR count). The summed E-state index contributed by atoms with van der Waals surface area (Å²) in [6.45, 7) is 0. The van der Waals surface area contributed by atoms with Gasteiger partial charge in [-0.3, -0.25) is 4.79 Å². The van der Waals surface area contributed by atoms with Crippen LogP contribution in [0, 0.1) is 11.6 Å². The lowest BCUT2D eigenvalue weighted by Gasteiger charge is -2.02. The molecule has 0 bridgehead atoms. The molecule has 118 valence electrons. The zero-order valence-corrected chi connectivity index (χ0v) is 14.9. The second-order valence-electron chi connectivity index (χ2n) is 3.93. The number of methoxy groups -OCH3 is 2. The Morgan fingerprint density at radius 1 is 0.955 bits per heavy atom. The molecule has 0 N–H and O–H groups in total. The van der Waals surface area contributed by atoms with Crippen molar-refractivity contribution in [1.82, 2.24) is 0 Å². The molecule has 2 aromatic rings. The van der Waals surface area contributed by atoms with Crippen LogP contribution in [0.25, 0.3) is 0 Å². The highest BCUT2D eigenvalue weighted by Gasteiger charge is 2.07. The van der Waals surface area contributed by atoms with Gasteiger partial charge >= 0.3 is 0 Å². The number of hydrogen-bond acceptors (Lipinski definition) is 3. The minimum Gasteiger partial charge on any atom is -0.497 e. The van der Waals surface area contributed by atoms with Crippen molar-refractivity contribution >= 4 is 38.1 Å². The molecule has 22 heavy (non-hydrogen) atoms. The number of halogens is 4. The van der Waals surface area contributed by atoms with Crippen LogP contribution >= 0.6 is 31.9 Å². The Morgan fingerprint density at radius 2 is 1.55 bits per heavy atom. The first kappa shape index (κ1) is 18.6. The van der Waals surface area contributed by atoms with Crippen LogP contribution in [-0.2, 0) is 0 Å². The molecule has 7 heteroatoms. The Morgan fingerprint density at radius 3 is 2.00 bits per heavy atom. The third-order valence-corrected chi connectivity index (χ3v) is 3.59. The van der Waals surface area contributed by atoms with Crippen LogP contribution in [0.4, 0.5) is 8.78 Å². The molecular formula is C15H12Br2F2O3. The highest BCUT2D eigenvalue weighted by molar-refractivity contribution is 9.10. The average Bonchev–Trinajstić information content (AvgIpc) is 2.46. The first-order chi connectivity index (χ1) is 10.4. The highest BCUT2D eigenvalue weighted by Crippen LogP contribution is 2.24.